The van der Waals surface area contributed by atoms with Crippen molar-refractivity contribution in [3.05, 3.63) is 47.2 Å². The summed E-state index contributed by atoms with van der Waals surface area (Å²) in [5, 5.41) is 15.7. The number of nitrogens with one attached hydrogen (secondary N) is 1. The van der Waals surface area contributed by atoms with Gasteiger partial charge in [-0.2, -0.15) is 10.4 Å². The molecule has 0 aliphatic carbocycles. The van der Waals surface area contributed by atoms with Gasteiger partial charge in [0.15, 0.2) is 0 Å². The summed E-state index contributed by atoms with van der Waals surface area (Å²) in [5.74, 6) is -1.64. The molecule has 1 aromatic carbocycles. The molecule has 2 heterocycles. The van der Waals surface area contributed by atoms with Gasteiger partial charge in [0.05, 0.1) is 17.3 Å². The molecule has 3 amide bonds. The third-order valence-electron chi connectivity index (χ3n) is 4.30. The van der Waals surface area contributed by atoms with E-state index in [0.717, 1.165) is 4.90 Å². The monoisotopic (exact) mass is 351 g/mol. The first-order valence-electron chi connectivity index (χ1n) is 8.06. The second-order valence-electron chi connectivity index (χ2n) is 6.35. The minimum Gasteiger partial charge on any atom is -0.308 e. The Bertz CT molecular complexity index is 919. The van der Waals surface area contributed by atoms with Crippen LogP contribution in [0, 0.1) is 17.2 Å². The highest BCUT2D eigenvalue weighted by Crippen LogP contribution is 2.28. The minimum atomic E-state index is -1.01. The molecular weight excluding hydrogens is 334 g/mol. The van der Waals surface area contributed by atoms with Gasteiger partial charge in [0.25, 0.3) is 11.8 Å². The fourth-order valence-corrected chi connectivity index (χ4v) is 3.04. The average Bonchev–Trinajstić information content (AvgIpc) is 3.08. The van der Waals surface area contributed by atoms with E-state index in [0.29, 0.717) is 0 Å². The van der Waals surface area contributed by atoms with E-state index in [1.807, 2.05) is 6.07 Å². The van der Waals surface area contributed by atoms with E-state index < -0.39 is 23.8 Å². The quantitative estimate of drug-likeness (QED) is 0.841. The predicted octanol–water partition coefficient (Wildman–Crippen LogP) is 1.55. The molecule has 0 saturated carbocycles. The van der Waals surface area contributed by atoms with Gasteiger partial charge in [-0.15, -0.1) is 0 Å². The summed E-state index contributed by atoms with van der Waals surface area (Å²) < 4.78 is 1.36. The number of amides is 3. The van der Waals surface area contributed by atoms with Crippen molar-refractivity contribution in [2.75, 3.05) is 5.32 Å². The maximum Gasteiger partial charge on any atom is 0.262 e. The van der Waals surface area contributed by atoms with Crippen LogP contribution in [0.2, 0.25) is 0 Å². The molecule has 3 rings (SSSR count). The Balaban J connectivity index is 1.95. The number of hydrogen-bond acceptors (Lipinski definition) is 5. The van der Waals surface area contributed by atoms with Crippen LogP contribution in [0.25, 0.3) is 0 Å². The van der Waals surface area contributed by atoms with Crippen LogP contribution in [0.3, 0.4) is 0 Å². The van der Waals surface area contributed by atoms with Gasteiger partial charge in [0.2, 0.25) is 5.91 Å². The molecule has 8 nitrogen and oxygen atoms in total. The SMILES string of the molecule is CC(C)C(C(=O)Nc1c(C#N)cnn1C)N1C(=O)c2ccccc2C1=O. The lowest BCUT2D eigenvalue weighted by Crippen LogP contribution is -2.50. The van der Waals surface area contributed by atoms with E-state index in [2.05, 4.69) is 10.4 Å². The number of nitriles is 1. The molecule has 1 aliphatic heterocycles. The van der Waals surface area contributed by atoms with Gasteiger partial charge < -0.3 is 5.32 Å². The molecule has 0 spiro atoms. The molecule has 0 fully saturated rings. The summed E-state index contributed by atoms with van der Waals surface area (Å²) in [7, 11) is 1.59. The van der Waals surface area contributed by atoms with E-state index in [1.165, 1.54) is 10.9 Å². The Morgan fingerprint density at radius 1 is 1.19 bits per heavy atom. The van der Waals surface area contributed by atoms with Crippen LogP contribution in [-0.4, -0.2) is 38.4 Å². The summed E-state index contributed by atoms with van der Waals surface area (Å²) in [6, 6.07) is 7.42. The zero-order valence-corrected chi connectivity index (χ0v) is 14.6. The summed E-state index contributed by atoms with van der Waals surface area (Å²) in [4.78, 5) is 39.3. The molecule has 26 heavy (non-hydrogen) atoms. The molecule has 1 aliphatic rings. The van der Waals surface area contributed by atoms with Crippen LogP contribution in [0.15, 0.2) is 30.5 Å². The fraction of sp³-hybridized carbons (Fsp3) is 0.278. The number of carbonyl (C=O) groups excluding carboxylic acids is 3. The van der Waals surface area contributed by atoms with Crippen LogP contribution < -0.4 is 5.32 Å². The van der Waals surface area contributed by atoms with Crippen LogP contribution in [0.4, 0.5) is 5.82 Å². The molecular formula is C18H17N5O3. The summed E-state index contributed by atoms with van der Waals surface area (Å²) >= 11 is 0. The Morgan fingerprint density at radius 2 is 1.77 bits per heavy atom. The number of aromatic nitrogens is 2. The molecule has 8 heteroatoms. The van der Waals surface area contributed by atoms with Crippen molar-refractivity contribution < 1.29 is 14.4 Å². The smallest absolute Gasteiger partial charge is 0.262 e. The van der Waals surface area contributed by atoms with Crippen molar-refractivity contribution in [3.8, 4) is 6.07 Å². The van der Waals surface area contributed by atoms with E-state index >= 15 is 0 Å². The molecule has 2 aromatic rings. The number of rotatable bonds is 4. The Labute approximate surface area is 150 Å². The average molecular weight is 351 g/mol. The number of benzene rings is 1. The van der Waals surface area contributed by atoms with Crippen LogP contribution >= 0.6 is 0 Å². The number of imide groups is 1. The molecule has 0 radical (unpaired) electrons. The standard InChI is InChI=1S/C18H17N5O3/c1-10(2)14(16(24)21-15-11(8-19)9-20-22(15)3)23-17(25)12-6-4-5-7-13(12)18(23)26/h4-7,9-10,14H,1-3H3,(H,21,24). The summed E-state index contributed by atoms with van der Waals surface area (Å²) in [5.41, 5.74) is 0.772. The molecule has 0 bridgehead atoms. The molecule has 132 valence electrons. The van der Waals surface area contributed by atoms with Crippen molar-refractivity contribution in [1.29, 1.82) is 5.26 Å². The zero-order valence-electron chi connectivity index (χ0n) is 14.6. The normalized spacial score (nSPS) is 14.3. The molecule has 1 aromatic heterocycles. The fourth-order valence-electron chi connectivity index (χ4n) is 3.04. The first-order valence-corrected chi connectivity index (χ1v) is 8.06. The highest BCUT2D eigenvalue weighted by Gasteiger charge is 2.44. The lowest BCUT2D eigenvalue weighted by Gasteiger charge is -2.28. The van der Waals surface area contributed by atoms with E-state index in [1.54, 1.807) is 45.2 Å². The molecule has 0 saturated heterocycles. The maximum absolute atomic E-state index is 12.9. The number of fused-ring (bicyclic) bond motifs is 1. The topological polar surface area (TPSA) is 108 Å². The van der Waals surface area contributed by atoms with E-state index in [-0.39, 0.29) is 28.4 Å². The molecule has 1 unspecified atom stereocenters. The first kappa shape index (κ1) is 17.4. The third-order valence-corrected chi connectivity index (χ3v) is 4.30. The highest BCUT2D eigenvalue weighted by atomic mass is 16.2. The van der Waals surface area contributed by atoms with Crippen molar-refractivity contribution in [2.45, 2.75) is 19.9 Å². The van der Waals surface area contributed by atoms with Crippen LogP contribution in [0.1, 0.15) is 40.1 Å². The van der Waals surface area contributed by atoms with Crippen LogP contribution in [-0.2, 0) is 11.8 Å². The molecule has 1 N–H and O–H groups in total. The Morgan fingerprint density at radius 3 is 2.27 bits per heavy atom. The number of nitrogens with zero attached hydrogens (tertiary/aromatic N) is 4. The highest BCUT2D eigenvalue weighted by molar-refractivity contribution is 6.23. The van der Waals surface area contributed by atoms with E-state index in [9.17, 15) is 14.4 Å². The maximum atomic E-state index is 12.9. The van der Waals surface area contributed by atoms with Crippen molar-refractivity contribution >= 4 is 23.5 Å². The lowest BCUT2D eigenvalue weighted by atomic mass is 10.0. The Kier molecular flexibility index (Phi) is 4.30. The number of hydrogen-bond donors (Lipinski definition) is 1. The number of anilines is 1. The van der Waals surface area contributed by atoms with Gasteiger partial charge >= 0.3 is 0 Å². The summed E-state index contributed by atoms with van der Waals surface area (Å²) in [6.45, 7) is 3.50. The van der Waals surface area contributed by atoms with Gasteiger partial charge in [-0.1, -0.05) is 26.0 Å². The second kappa shape index (κ2) is 6.44. The minimum absolute atomic E-state index is 0.200. The van der Waals surface area contributed by atoms with Gasteiger partial charge in [0, 0.05) is 7.05 Å². The van der Waals surface area contributed by atoms with Gasteiger partial charge in [-0.25, -0.2) is 0 Å². The Hall–Kier alpha value is -3.47. The van der Waals surface area contributed by atoms with Gasteiger partial charge in [-0.05, 0) is 18.1 Å². The second-order valence-corrected chi connectivity index (χ2v) is 6.35. The van der Waals surface area contributed by atoms with Crippen LogP contribution in [0.5, 0.6) is 0 Å². The number of carbonyl (C=O) groups is 3. The zero-order chi connectivity index (χ0) is 19.0. The van der Waals surface area contributed by atoms with Crippen molar-refractivity contribution in [3.63, 3.8) is 0 Å². The largest absolute Gasteiger partial charge is 0.308 e. The third kappa shape index (κ3) is 2.63. The van der Waals surface area contributed by atoms with Crippen molar-refractivity contribution in [2.24, 2.45) is 13.0 Å². The predicted molar refractivity (Wildman–Crippen MR) is 92.1 cm³/mol. The first-order chi connectivity index (χ1) is 12.4. The van der Waals surface area contributed by atoms with Gasteiger partial charge in [-0.3, -0.25) is 24.0 Å². The lowest BCUT2D eigenvalue weighted by molar-refractivity contribution is -0.121. The summed E-state index contributed by atoms with van der Waals surface area (Å²) in [6.07, 6.45) is 1.34. The number of aryl methyl sites for hydroxylation is 1. The van der Waals surface area contributed by atoms with E-state index in [4.69, 9.17) is 5.26 Å². The van der Waals surface area contributed by atoms with Crippen molar-refractivity contribution in [1.82, 2.24) is 14.7 Å². The van der Waals surface area contributed by atoms with Gasteiger partial charge in [0.1, 0.15) is 23.5 Å². The molecule has 1 atom stereocenters.